The van der Waals surface area contributed by atoms with Crippen molar-refractivity contribution in [3.05, 3.63) is 32.7 Å². The Hall–Kier alpha value is 0.470. The van der Waals surface area contributed by atoms with Gasteiger partial charge in [0.05, 0.1) is 0 Å². The van der Waals surface area contributed by atoms with Gasteiger partial charge in [0.2, 0.25) is 0 Å². The van der Waals surface area contributed by atoms with Gasteiger partial charge in [0.25, 0.3) is 0 Å². The van der Waals surface area contributed by atoms with Crippen LogP contribution in [-0.2, 0) is 0 Å². The molecule has 2 rings (SSSR count). The van der Waals surface area contributed by atoms with E-state index in [1.54, 1.807) is 12.1 Å². The molecule has 0 unspecified atom stereocenters. The van der Waals surface area contributed by atoms with Gasteiger partial charge >= 0.3 is 6.18 Å². The first-order chi connectivity index (χ1) is 8.89. The zero-order valence-electron chi connectivity index (χ0n) is 10.8. The molecule has 0 bridgehead atoms. The molecule has 2 nitrogen and oxygen atoms in total. The van der Waals surface area contributed by atoms with Gasteiger partial charge in [-0.05, 0) is 23.8 Å². The maximum absolute atomic E-state index is 13.4. The summed E-state index contributed by atoms with van der Waals surface area (Å²) in [4.78, 5) is 1.48. The summed E-state index contributed by atoms with van der Waals surface area (Å²) in [6, 6.07) is 3.32. The maximum atomic E-state index is 13.4. The Labute approximate surface area is 150 Å². The quantitative estimate of drug-likeness (QED) is 0.676. The predicted molar refractivity (Wildman–Crippen MR) is 89.6 cm³/mol. The van der Waals surface area contributed by atoms with Gasteiger partial charge < -0.3 is 5.32 Å². The Morgan fingerprint density at radius 1 is 1.10 bits per heavy atom. The minimum Gasteiger partial charge on any atom is -0.314 e. The first kappa shape index (κ1) is 21.5. The molecule has 1 aliphatic rings. The average Bonchev–Trinajstić information content (AvgIpc) is 2.33. The molecule has 0 aliphatic carbocycles. The van der Waals surface area contributed by atoms with Crippen molar-refractivity contribution in [2.75, 3.05) is 26.2 Å². The van der Waals surface area contributed by atoms with Gasteiger partial charge in [0.15, 0.2) is 0 Å². The standard InChI is InChI=1S/C12H13Br2F3N2.2ClH/c13-8-1-2-10(14)9(7-8)11(12(15,16)17)19-5-3-18-4-6-19;;/h1-2,7,11,18H,3-6H2;2*1H/t11-;;/m0../s1. The lowest BCUT2D eigenvalue weighted by Crippen LogP contribution is -2.49. The molecule has 21 heavy (non-hydrogen) atoms. The molecule has 0 amide bonds. The number of halogens is 7. The monoisotopic (exact) mass is 472 g/mol. The fourth-order valence-corrected chi connectivity index (χ4v) is 3.09. The van der Waals surface area contributed by atoms with E-state index in [1.165, 1.54) is 11.0 Å². The lowest BCUT2D eigenvalue weighted by molar-refractivity contribution is -0.188. The molecule has 1 aliphatic heterocycles. The molecular formula is C12H15Br2Cl2F3N2. The highest BCUT2D eigenvalue weighted by Gasteiger charge is 2.45. The van der Waals surface area contributed by atoms with Gasteiger partial charge in [0, 0.05) is 35.1 Å². The van der Waals surface area contributed by atoms with Crippen LogP contribution in [0.4, 0.5) is 13.2 Å². The van der Waals surface area contributed by atoms with Gasteiger partial charge in [-0.2, -0.15) is 13.2 Å². The first-order valence-electron chi connectivity index (χ1n) is 5.86. The van der Waals surface area contributed by atoms with Crippen molar-refractivity contribution >= 4 is 56.7 Å². The fourth-order valence-electron chi connectivity index (χ4n) is 2.24. The molecular weight excluding hydrogens is 460 g/mol. The van der Waals surface area contributed by atoms with Crippen LogP contribution < -0.4 is 5.32 Å². The van der Waals surface area contributed by atoms with Gasteiger partial charge in [-0.25, -0.2) is 0 Å². The minimum atomic E-state index is -4.29. The molecule has 1 atom stereocenters. The highest BCUT2D eigenvalue weighted by Crippen LogP contribution is 2.41. The number of nitrogens with one attached hydrogen (secondary N) is 1. The molecule has 122 valence electrons. The third kappa shape index (κ3) is 5.55. The second-order valence-electron chi connectivity index (χ2n) is 4.40. The van der Waals surface area contributed by atoms with E-state index in [9.17, 15) is 13.2 Å². The van der Waals surface area contributed by atoms with E-state index in [0.29, 0.717) is 35.1 Å². The second kappa shape index (κ2) is 8.93. The second-order valence-corrected chi connectivity index (χ2v) is 6.17. The highest BCUT2D eigenvalue weighted by molar-refractivity contribution is 9.11. The van der Waals surface area contributed by atoms with Crippen molar-refractivity contribution < 1.29 is 13.2 Å². The molecule has 9 heteroatoms. The van der Waals surface area contributed by atoms with Crippen LogP contribution in [0.25, 0.3) is 0 Å². The Morgan fingerprint density at radius 2 is 1.67 bits per heavy atom. The van der Waals surface area contributed by atoms with Crippen LogP contribution >= 0.6 is 56.7 Å². The third-order valence-electron chi connectivity index (χ3n) is 3.08. The molecule has 1 fully saturated rings. The smallest absolute Gasteiger partial charge is 0.314 e. The summed E-state index contributed by atoms with van der Waals surface area (Å²) in [5.41, 5.74) is 0.253. The van der Waals surface area contributed by atoms with Crippen molar-refractivity contribution in [1.29, 1.82) is 0 Å². The van der Waals surface area contributed by atoms with Crippen LogP contribution in [0.1, 0.15) is 11.6 Å². The van der Waals surface area contributed by atoms with E-state index < -0.39 is 12.2 Å². The van der Waals surface area contributed by atoms with Gasteiger partial charge in [-0.1, -0.05) is 31.9 Å². The molecule has 0 radical (unpaired) electrons. The zero-order chi connectivity index (χ0) is 14.0. The summed E-state index contributed by atoms with van der Waals surface area (Å²) in [5, 5.41) is 3.07. The normalized spacial score (nSPS) is 17.6. The van der Waals surface area contributed by atoms with E-state index >= 15 is 0 Å². The molecule has 1 aromatic rings. The molecule has 0 aromatic heterocycles. The number of hydrogen-bond acceptors (Lipinski definition) is 2. The Kier molecular flexibility index (Phi) is 9.13. The summed E-state index contributed by atoms with van der Waals surface area (Å²) in [5.74, 6) is 0. The number of nitrogens with zero attached hydrogens (tertiary/aromatic N) is 1. The Morgan fingerprint density at radius 3 is 2.19 bits per heavy atom. The largest absolute Gasteiger partial charge is 0.408 e. The zero-order valence-corrected chi connectivity index (χ0v) is 15.6. The highest BCUT2D eigenvalue weighted by atomic mass is 79.9. The lowest BCUT2D eigenvalue weighted by atomic mass is 10.0. The van der Waals surface area contributed by atoms with Crippen LogP contribution in [0.5, 0.6) is 0 Å². The summed E-state index contributed by atoms with van der Waals surface area (Å²) in [6.45, 7) is 1.95. The summed E-state index contributed by atoms with van der Waals surface area (Å²) in [7, 11) is 0. The summed E-state index contributed by atoms with van der Waals surface area (Å²) in [6.07, 6.45) is -4.29. The lowest BCUT2D eigenvalue weighted by Gasteiger charge is -2.36. The number of piperazine rings is 1. The van der Waals surface area contributed by atoms with Crippen molar-refractivity contribution in [1.82, 2.24) is 10.2 Å². The first-order valence-corrected chi connectivity index (χ1v) is 7.44. The average molecular weight is 475 g/mol. The van der Waals surface area contributed by atoms with Crippen molar-refractivity contribution in [2.45, 2.75) is 12.2 Å². The van der Waals surface area contributed by atoms with Crippen molar-refractivity contribution in [3.8, 4) is 0 Å². The van der Waals surface area contributed by atoms with Crippen LogP contribution in [0, 0.1) is 0 Å². The Bertz CT molecular complexity index is 455. The van der Waals surface area contributed by atoms with Crippen LogP contribution in [0.15, 0.2) is 27.1 Å². The van der Waals surface area contributed by atoms with Gasteiger partial charge in [-0.15, -0.1) is 24.8 Å². The van der Waals surface area contributed by atoms with Crippen LogP contribution in [-0.4, -0.2) is 37.3 Å². The molecule has 1 N–H and O–H groups in total. The van der Waals surface area contributed by atoms with E-state index in [2.05, 4.69) is 37.2 Å². The van der Waals surface area contributed by atoms with Crippen molar-refractivity contribution in [2.24, 2.45) is 0 Å². The Balaban J connectivity index is 0.00000200. The maximum Gasteiger partial charge on any atom is 0.408 e. The van der Waals surface area contributed by atoms with E-state index in [4.69, 9.17) is 0 Å². The molecule has 0 saturated carbocycles. The summed E-state index contributed by atoms with van der Waals surface area (Å²) >= 11 is 6.46. The minimum absolute atomic E-state index is 0. The third-order valence-corrected chi connectivity index (χ3v) is 4.29. The van der Waals surface area contributed by atoms with Gasteiger partial charge in [-0.3, -0.25) is 4.90 Å². The summed E-state index contributed by atoms with van der Waals surface area (Å²) < 4.78 is 41.3. The van der Waals surface area contributed by atoms with E-state index in [1.807, 2.05) is 0 Å². The molecule has 1 aromatic carbocycles. The molecule has 0 spiro atoms. The number of benzene rings is 1. The number of hydrogen-bond donors (Lipinski definition) is 1. The fraction of sp³-hybridized carbons (Fsp3) is 0.500. The van der Waals surface area contributed by atoms with Crippen molar-refractivity contribution in [3.63, 3.8) is 0 Å². The molecule has 1 heterocycles. The van der Waals surface area contributed by atoms with Crippen LogP contribution in [0.3, 0.4) is 0 Å². The van der Waals surface area contributed by atoms with E-state index in [0.717, 1.165) is 0 Å². The molecule has 1 saturated heterocycles. The van der Waals surface area contributed by atoms with Gasteiger partial charge in [0.1, 0.15) is 6.04 Å². The van der Waals surface area contributed by atoms with Crippen LogP contribution in [0.2, 0.25) is 0 Å². The number of alkyl halides is 3. The topological polar surface area (TPSA) is 15.3 Å². The SMILES string of the molecule is Cl.Cl.FC(F)(F)[C@H](c1cc(Br)ccc1Br)N1CCNCC1. The predicted octanol–water partition coefficient (Wildman–Crippen LogP) is 4.56. The number of rotatable bonds is 2. The van der Waals surface area contributed by atoms with E-state index in [-0.39, 0.29) is 30.4 Å².